The molecule has 1 aliphatic rings. The van der Waals surface area contributed by atoms with E-state index in [1.165, 1.54) is 36.8 Å². The molecule has 0 saturated carbocycles. The highest BCUT2D eigenvalue weighted by atomic mass is 32.2. The lowest BCUT2D eigenvalue weighted by Gasteiger charge is -2.03. The Morgan fingerprint density at radius 3 is 2.40 bits per heavy atom. The van der Waals surface area contributed by atoms with Crippen molar-refractivity contribution >= 4 is 66.6 Å². The van der Waals surface area contributed by atoms with Crippen molar-refractivity contribution in [2.24, 2.45) is 0 Å². The Bertz CT molecular complexity index is 1470. The maximum absolute atomic E-state index is 4.86. The standard InChI is InChI=1S/C25H16N2S2.H2O/c1-3-8-18-16(6-1)12-14-20-24(18)26-22(28-20)10-5-11-23-27-25-19-9-4-2-7-17(19)13-15-21(25)29-23;/h1-15,26H;1H2. The molecule has 0 fully saturated rings. The molecule has 3 nitrogen and oxygen atoms in total. The number of thiazole rings is 1. The number of allylic oxidation sites excluding steroid dienone is 2. The third-order valence-corrected chi connectivity index (χ3v) is 7.15. The Morgan fingerprint density at radius 2 is 1.53 bits per heavy atom. The first-order valence-electron chi connectivity index (χ1n) is 9.48. The lowest BCUT2D eigenvalue weighted by molar-refractivity contribution is 0.824. The van der Waals surface area contributed by atoms with Gasteiger partial charge in [-0.1, -0.05) is 78.5 Å². The van der Waals surface area contributed by atoms with Crippen LogP contribution >= 0.6 is 23.1 Å². The van der Waals surface area contributed by atoms with Crippen LogP contribution in [-0.4, -0.2) is 10.5 Å². The van der Waals surface area contributed by atoms with Crippen molar-refractivity contribution in [2.45, 2.75) is 4.90 Å². The Kier molecular flexibility index (Phi) is 4.79. The van der Waals surface area contributed by atoms with Crippen LogP contribution in [0.15, 0.2) is 94.9 Å². The predicted molar refractivity (Wildman–Crippen MR) is 131 cm³/mol. The maximum Gasteiger partial charge on any atom is 0.117 e. The topological polar surface area (TPSA) is 56.4 Å². The summed E-state index contributed by atoms with van der Waals surface area (Å²) in [4.78, 5) is 6.13. The molecule has 0 saturated heterocycles. The fourth-order valence-electron chi connectivity index (χ4n) is 3.78. The van der Waals surface area contributed by atoms with Crippen LogP contribution in [0.3, 0.4) is 0 Å². The molecule has 30 heavy (non-hydrogen) atoms. The average molecular weight is 427 g/mol. The zero-order chi connectivity index (χ0) is 19.2. The minimum absolute atomic E-state index is 0. The quantitative estimate of drug-likeness (QED) is 0.336. The van der Waals surface area contributed by atoms with E-state index >= 15 is 0 Å². The molecule has 5 aromatic rings. The summed E-state index contributed by atoms with van der Waals surface area (Å²) >= 11 is 3.50. The predicted octanol–water partition coefficient (Wildman–Crippen LogP) is 6.85. The van der Waals surface area contributed by atoms with Crippen LogP contribution in [0.4, 0.5) is 5.69 Å². The van der Waals surface area contributed by atoms with Gasteiger partial charge in [-0.25, -0.2) is 4.98 Å². The van der Waals surface area contributed by atoms with Gasteiger partial charge in [-0.2, -0.15) is 0 Å². The second-order valence-corrected chi connectivity index (χ2v) is 9.11. The number of thioether (sulfide) groups is 1. The van der Waals surface area contributed by atoms with Crippen LogP contribution in [0.5, 0.6) is 0 Å². The average Bonchev–Trinajstić information content (AvgIpc) is 3.37. The molecule has 0 bridgehead atoms. The molecule has 0 atom stereocenters. The summed E-state index contributed by atoms with van der Waals surface area (Å²) in [6, 6.07) is 25.6. The lowest BCUT2D eigenvalue weighted by Crippen LogP contribution is -1.88. The van der Waals surface area contributed by atoms with Gasteiger partial charge in [0, 0.05) is 15.7 Å². The fraction of sp³-hybridized carbons (Fsp3) is 0. The summed E-state index contributed by atoms with van der Waals surface area (Å²) in [5.41, 5.74) is 2.30. The SMILES string of the molecule is C(=Cc1nc2c(ccc3ccccc32)s1)C=C1Nc2c(ccc3ccccc23)S1.O. The van der Waals surface area contributed by atoms with Crippen molar-refractivity contribution in [1.29, 1.82) is 0 Å². The summed E-state index contributed by atoms with van der Waals surface area (Å²) < 4.78 is 1.23. The molecule has 3 N–H and O–H groups in total. The summed E-state index contributed by atoms with van der Waals surface area (Å²) in [5, 5.41) is 10.7. The van der Waals surface area contributed by atoms with Crippen LogP contribution in [0.25, 0.3) is 37.8 Å². The van der Waals surface area contributed by atoms with Gasteiger partial charge in [-0.05, 0) is 35.1 Å². The third kappa shape index (κ3) is 3.17. The molecular formula is C25H18N2OS2. The van der Waals surface area contributed by atoms with E-state index in [0.29, 0.717) is 0 Å². The van der Waals surface area contributed by atoms with Crippen LogP contribution in [-0.2, 0) is 0 Å². The van der Waals surface area contributed by atoms with E-state index in [1.807, 2.05) is 0 Å². The van der Waals surface area contributed by atoms with Crippen LogP contribution in [0, 0.1) is 0 Å². The van der Waals surface area contributed by atoms with E-state index in [0.717, 1.165) is 15.6 Å². The first kappa shape index (κ1) is 18.9. The van der Waals surface area contributed by atoms with Crippen LogP contribution < -0.4 is 5.32 Å². The second-order valence-electron chi connectivity index (χ2n) is 6.96. The smallest absolute Gasteiger partial charge is 0.117 e. The normalized spacial score (nSPS) is 14.5. The molecule has 5 heteroatoms. The Balaban J connectivity index is 0.00000193. The molecule has 6 rings (SSSR count). The maximum atomic E-state index is 4.86. The minimum Gasteiger partial charge on any atom is -0.412 e. The summed E-state index contributed by atoms with van der Waals surface area (Å²) in [7, 11) is 0. The number of aromatic nitrogens is 1. The van der Waals surface area contributed by atoms with E-state index < -0.39 is 0 Å². The highest BCUT2D eigenvalue weighted by Gasteiger charge is 2.17. The number of nitrogens with one attached hydrogen (secondary N) is 1. The van der Waals surface area contributed by atoms with Gasteiger partial charge in [0.1, 0.15) is 5.01 Å². The second kappa shape index (κ2) is 7.61. The van der Waals surface area contributed by atoms with E-state index in [1.54, 1.807) is 23.1 Å². The Hall–Kier alpha value is -3.12. The van der Waals surface area contributed by atoms with E-state index in [-0.39, 0.29) is 5.48 Å². The largest absolute Gasteiger partial charge is 0.412 e. The van der Waals surface area contributed by atoms with Gasteiger partial charge in [0.2, 0.25) is 0 Å². The van der Waals surface area contributed by atoms with Gasteiger partial charge in [-0.3, -0.25) is 0 Å². The molecule has 0 spiro atoms. The first-order valence-corrected chi connectivity index (χ1v) is 11.1. The zero-order valence-corrected chi connectivity index (χ0v) is 17.6. The van der Waals surface area contributed by atoms with E-state index in [2.05, 4.69) is 96.3 Å². The van der Waals surface area contributed by atoms with Crippen molar-refractivity contribution in [1.82, 2.24) is 4.98 Å². The van der Waals surface area contributed by atoms with Gasteiger partial charge in [0.25, 0.3) is 0 Å². The van der Waals surface area contributed by atoms with Crippen molar-refractivity contribution in [3.63, 3.8) is 0 Å². The molecule has 4 aromatic carbocycles. The molecule has 146 valence electrons. The molecule has 1 aromatic heterocycles. The monoisotopic (exact) mass is 426 g/mol. The van der Waals surface area contributed by atoms with Crippen molar-refractivity contribution < 1.29 is 5.48 Å². The first-order chi connectivity index (χ1) is 14.3. The molecule has 2 heterocycles. The molecule has 0 radical (unpaired) electrons. The fourth-order valence-corrected chi connectivity index (χ4v) is 5.61. The van der Waals surface area contributed by atoms with Gasteiger partial charge in [0.05, 0.1) is 20.9 Å². The van der Waals surface area contributed by atoms with E-state index in [4.69, 9.17) is 4.98 Å². The number of anilines is 1. The van der Waals surface area contributed by atoms with Crippen molar-refractivity contribution in [3.8, 4) is 0 Å². The number of benzene rings is 4. The lowest BCUT2D eigenvalue weighted by atomic mass is 10.1. The molecule has 1 aliphatic heterocycles. The number of rotatable bonds is 2. The number of nitrogens with zero attached hydrogens (tertiary/aromatic N) is 1. The molecule has 0 aliphatic carbocycles. The molecule has 0 unspecified atom stereocenters. The van der Waals surface area contributed by atoms with Gasteiger partial charge in [-0.15, -0.1) is 11.3 Å². The van der Waals surface area contributed by atoms with Crippen molar-refractivity contribution in [3.05, 3.63) is 95.0 Å². The van der Waals surface area contributed by atoms with Crippen molar-refractivity contribution in [2.75, 3.05) is 5.32 Å². The Morgan fingerprint density at radius 1 is 0.800 bits per heavy atom. The van der Waals surface area contributed by atoms with Gasteiger partial charge in [0.15, 0.2) is 0 Å². The van der Waals surface area contributed by atoms with E-state index in [9.17, 15) is 0 Å². The number of hydrogen-bond donors (Lipinski definition) is 1. The number of hydrogen-bond acceptors (Lipinski definition) is 4. The Labute approximate surface area is 182 Å². The molecule has 0 amide bonds. The van der Waals surface area contributed by atoms with Gasteiger partial charge < -0.3 is 10.8 Å². The highest BCUT2D eigenvalue weighted by Crippen LogP contribution is 2.44. The van der Waals surface area contributed by atoms with Crippen LogP contribution in [0.2, 0.25) is 0 Å². The minimum atomic E-state index is 0. The summed E-state index contributed by atoms with van der Waals surface area (Å²) in [6.45, 7) is 0. The van der Waals surface area contributed by atoms with Gasteiger partial charge >= 0.3 is 0 Å². The molecular weight excluding hydrogens is 408 g/mol. The summed E-state index contributed by atoms with van der Waals surface area (Å²) in [6.07, 6.45) is 6.31. The third-order valence-electron chi connectivity index (χ3n) is 5.15. The zero-order valence-electron chi connectivity index (χ0n) is 15.9. The summed E-state index contributed by atoms with van der Waals surface area (Å²) in [5.74, 6) is 0. The number of fused-ring (bicyclic) bond motifs is 6. The van der Waals surface area contributed by atoms with Crippen LogP contribution in [0.1, 0.15) is 5.01 Å². The highest BCUT2D eigenvalue weighted by molar-refractivity contribution is 8.03.